The molecule has 1 aliphatic rings. The predicted molar refractivity (Wildman–Crippen MR) is 77.3 cm³/mol. The first-order valence-electron chi connectivity index (χ1n) is 6.95. The van der Waals surface area contributed by atoms with Gasteiger partial charge in [0.25, 0.3) is 0 Å². The van der Waals surface area contributed by atoms with Crippen LogP contribution < -0.4 is 0 Å². The van der Waals surface area contributed by atoms with Gasteiger partial charge in [0.15, 0.2) is 0 Å². The molecule has 0 bridgehead atoms. The average molecular weight is 281 g/mol. The highest BCUT2D eigenvalue weighted by Gasteiger charge is 2.44. The Hall–Kier alpha value is -0.900. The van der Waals surface area contributed by atoms with Gasteiger partial charge in [-0.05, 0) is 37.0 Å². The van der Waals surface area contributed by atoms with Crippen molar-refractivity contribution in [2.75, 3.05) is 0 Å². The van der Waals surface area contributed by atoms with Crippen LogP contribution in [0.15, 0.2) is 11.6 Å². The fourth-order valence-electron chi connectivity index (χ4n) is 3.13. The van der Waals surface area contributed by atoms with E-state index in [0.29, 0.717) is 12.3 Å². The van der Waals surface area contributed by atoms with E-state index in [1.54, 1.807) is 17.5 Å². The van der Waals surface area contributed by atoms with Crippen molar-refractivity contribution in [2.45, 2.75) is 52.9 Å². The Morgan fingerprint density at radius 2 is 2.11 bits per heavy atom. The van der Waals surface area contributed by atoms with Gasteiger partial charge in [-0.2, -0.15) is 0 Å². The minimum Gasteiger partial charge on any atom is -0.481 e. The van der Waals surface area contributed by atoms with E-state index in [9.17, 15) is 9.90 Å². The van der Waals surface area contributed by atoms with Gasteiger partial charge < -0.3 is 5.11 Å². The van der Waals surface area contributed by atoms with Crippen LogP contribution in [0.4, 0.5) is 0 Å². The van der Waals surface area contributed by atoms with E-state index in [4.69, 9.17) is 0 Å². The van der Waals surface area contributed by atoms with Crippen LogP contribution in [0.1, 0.15) is 51.5 Å². The summed E-state index contributed by atoms with van der Waals surface area (Å²) in [6.07, 6.45) is 5.95. The number of nitrogens with zero attached hydrogens (tertiary/aromatic N) is 1. The predicted octanol–water partition coefficient (Wildman–Crippen LogP) is 3.99. The second-order valence-corrected chi connectivity index (χ2v) is 7.81. The number of aromatic nitrogens is 1. The third-order valence-corrected chi connectivity index (χ3v) is 5.37. The number of carboxylic acid groups (broad SMARTS) is 1. The molecule has 4 heteroatoms. The molecule has 1 N–H and O–H groups in total. The number of hydrogen-bond acceptors (Lipinski definition) is 3. The molecule has 0 atom stereocenters. The lowest BCUT2D eigenvalue weighted by atomic mass is 9.63. The molecule has 0 saturated heterocycles. The van der Waals surface area contributed by atoms with E-state index in [-0.39, 0.29) is 5.41 Å². The SMILES string of the molecule is CC(C)(C)C1CCC(Cc2nccs2)(C(=O)O)CC1. The number of hydrogen-bond donors (Lipinski definition) is 1. The molecule has 3 nitrogen and oxygen atoms in total. The molecule has 0 radical (unpaired) electrons. The molecule has 1 saturated carbocycles. The van der Waals surface area contributed by atoms with Gasteiger partial charge in [0.05, 0.1) is 10.4 Å². The zero-order valence-corrected chi connectivity index (χ0v) is 12.8. The van der Waals surface area contributed by atoms with Crippen LogP contribution in [-0.2, 0) is 11.2 Å². The minimum atomic E-state index is -0.643. The molecule has 1 aromatic heterocycles. The van der Waals surface area contributed by atoms with Crippen molar-refractivity contribution in [2.24, 2.45) is 16.7 Å². The Bertz CT molecular complexity index is 425. The fraction of sp³-hybridized carbons (Fsp3) is 0.733. The highest BCUT2D eigenvalue weighted by molar-refractivity contribution is 7.09. The lowest BCUT2D eigenvalue weighted by Crippen LogP contribution is -2.39. The molecule has 0 spiro atoms. The van der Waals surface area contributed by atoms with Crippen LogP contribution >= 0.6 is 11.3 Å². The molecule has 0 amide bonds. The van der Waals surface area contributed by atoms with Gasteiger partial charge >= 0.3 is 5.97 Å². The van der Waals surface area contributed by atoms with Gasteiger partial charge in [0, 0.05) is 18.0 Å². The van der Waals surface area contributed by atoms with E-state index in [1.807, 2.05) is 5.38 Å². The average Bonchev–Trinajstić information content (AvgIpc) is 2.81. The van der Waals surface area contributed by atoms with Crippen LogP contribution in [0.25, 0.3) is 0 Å². The molecule has 19 heavy (non-hydrogen) atoms. The summed E-state index contributed by atoms with van der Waals surface area (Å²) in [5.74, 6) is -0.00803. The molecule has 0 aliphatic heterocycles. The van der Waals surface area contributed by atoms with E-state index in [0.717, 1.165) is 30.7 Å². The van der Waals surface area contributed by atoms with Gasteiger partial charge in [0.2, 0.25) is 0 Å². The number of carbonyl (C=O) groups is 1. The molecule has 1 fully saturated rings. The third-order valence-electron chi connectivity index (χ3n) is 4.59. The molecule has 0 aromatic carbocycles. The maximum atomic E-state index is 11.7. The topological polar surface area (TPSA) is 50.2 Å². The lowest BCUT2D eigenvalue weighted by molar-refractivity contribution is -0.152. The molecule has 1 aliphatic carbocycles. The normalized spacial score (nSPS) is 28.3. The van der Waals surface area contributed by atoms with Crippen LogP contribution in [0.2, 0.25) is 0 Å². The van der Waals surface area contributed by atoms with Crippen molar-refractivity contribution in [3.05, 3.63) is 16.6 Å². The van der Waals surface area contributed by atoms with E-state index >= 15 is 0 Å². The Labute approximate surface area is 119 Å². The Morgan fingerprint density at radius 1 is 1.47 bits per heavy atom. The zero-order valence-electron chi connectivity index (χ0n) is 12.0. The molecular formula is C15H23NO2S. The van der Waals surface area contributed by atoms with Crippen molar-refractivity contribution < 1.29 is 9.90 Å². The van der Waals surface area contributed by atoms with Crippen molar-refractivity contribution in [3.8, 4) is 0 Å². The Balaban J connectivity index is 2.09. The van der Waals surface area contributed by atoms with E-state index < -0.39 is 11.4 Å². The maximum Gasteiger partial charge on any atom is 0.310 e. The highest BCUT2D eigenvalue weighted by Crippen LogP contribution is 2.47. The van der Waals surface area contributed by atoms with Crippen LogP contribution in [0.5, 0.6) is 0 Å². The van der Waals surface area contributed by atoms with E-state index in [2.05, 4.69) is 25.8 Å². The summed E-state index contributed by atoms with van der Waals surface area (Å²) in [5, 5.41) is 12.5. The number of thiazole rings is 1. The zero-order chi connectivity index (χ0) is 14.1. The molecule has 106 valence electrons. The van der Waals surface area contributed by atoms with Crippen LogP contribution in [-0.4, -0.2) is 16.1 Å². The molecule has 1 aromatic rings. The fourth-order valence-corrected chi connectivity index (χ4v) is 3.89. The first-order valence-corrected chi connectivity index (χ1v) is 7.83. The summed E-state index contributed by atoms with van der Waals surface area (Å²) in [4.78, 5) is 16.0. The van der Waals surface area contributed by atoms with Crippen LogP contribution in [0, 0.1) is 16.7 Å². The standard InChI is InChI=1S/C15H23NO2S/c1-14(2,3)11-4-6-15(7-5-11,13(17)18)10-12-16-8-9-19-12/h8-9,11H,4-7,10H2,1-3H3,(H,17,18). The van der Waals surface area contributed by atoms with Crippen molar-refractivity contribution in [1.29, 1.82) is 0 Å². The Kier molecular flexibility index (Phi) is 4.00. The van der Waals surface area contributed by atoms with Crippen molar-refractivity contribution >= 4 is 17.3 Å². The van der Waals surface area contributed by atoms with Gasteiger partial charge in [0.1, 0.15) is 0 Å². The lowest BCUT2D eigenvalue weighted by Gasteiger charge is -2.41. The number of aliphatic carboxylic acids is 1. The molecule has 2 rings (SSSR count). The second-order valence-electron chi connectivity index (χ2n) is 6.83. The summed E-state index contributed by atoms with van der Waals surface area (Å²) in [6.45, 7) is 6.77. The van der Waals surface area contributed by atoms with Gasteiger partial charge in [-0.3, -0.25) is 4.79 Å². The summed E-state index contributed by atoms with van der Waals surface area (Å²) in [5.41, 5.74) is -0.300. The molecule has 0 unspecified atom stereocenters. The summed E-state index contributed by atoms with van der Waals surface area (Å²) >= 11 is 1.56. The number of rotatable bonds is 3. The van der Waals surface area contributed by atoms with Crippen molar-refractivity contribution in [1.82, 2.24) is 4.98 Å². The highest BCUT2D eigenvalue weighted by atomic mass is 32.1. The second kappa shape index (κ2) is 5.23. The quantitative estimate of drug-likeness (QED) is 0.911. The molecule has 1 heterocycles. The van der Waals surface area contributed by atoms with Crippen molar-refractivity contribution in [3.63, 3.8) is 0 Å². The summed E-state index contributed by atoms with van der Waals surface area (Å²) in [6, 6.07) is 0. The van der Waals surface area contributed by atoms with Gasteiger partial charge in [-0.25, -0.2) is 4.98 Å². The summed E-state index contributed by atoms with van der Waals surface area (Å²) < 4.78 is 0. The first-order chi connectivity index (χ1) is 8.83. The van der Waals surface area contributed by atoms with Gasteiger partial charge in [-0.1, -0.05) is 20.8 Å². The summed E-state index contributed by atoms with van der Waals surface area (Å²) in [7, 11) is 0. The minimum absolute atomic E-state index is 0.284. The third kappa shape index (κ3) is 3.16. The number of carboxylic acids is 1. The van der Waals surface area contributed by atoms with E-state index in [1.165, 1.54) is 0 Å². The molecular weight excluding hydrogens is 258 g/mol. The monoisotopic (exact) mass is 281 g/mol. The smallest absolute Gasteiger partial charge is 0.310 e. The first kappa shape index (κ1) is 14.5. The van der Waals surface area contributed by atoms with Crippen LogP contribution in [0.3, 0.4) is 0 Å². The Morgan fingerprint density at radius 3 is 2.53 bits per heavy atom. The largest absolute Gasteiger partial charge is 0.481 e. The van der Waals surface area contributed by atoms with Gasteiger partial charge in [-0.15, -0.1) is 11.3 Å². The maximum absolute atomic E-state index is 11.7.